The number of benzene rings is 1. The first-order chi connectivity index (χ1) is 15.3. The van der Waals surface area contributed by atoms with E-state index in [0.29, 0.717) is 31.2 Å². The second-order valence-corrected chi connectivity index (χ2v) is 7.68. The molecule has 168 valence electrons. The second-order valence-electron chi connectivity index (χ2n) is 7.68. The van der Waals surface area contributed by atoms with Gasteiger partial charge in [0, 0.05) is 31.8 Å². The molecule has 8 nitrogen and oxygen atoms in total. The van der Waals surface area contributed by atoms with Gasteiger partial charge in [0.05, 0.1) is 12.3 Å². The smallest absolute Gasteiger partial charge is 0.342 e. The molecule has 8 heteroatoms. The third-order valence-corrected chi connectivity index (χ3v) is 5.30. The van der Waals surface area contributed by atoms with Gasteiger partial charge in [-0.3, -0.25) is 9.59 Å². The van der Waals surface area contributed by atoms with Crippen molar-refractivity contribution in [2.45, 2.75) is 33.7 Å². The minimum absolute atomic E-state index is 0.0457. The summed E-state index contributed by atoms with van der Waals surface area (Å²) in [5, 5.41) is 0. The van der Waals surface area contributed by atoms with Crippen LogP contribution in [0.2, 0.25) is 0 Å². The summed E-state index contributed by atoms with van der Waals surface area (Å²) in [5.74, 6) is -0.664. The van der Waals surface area contributed by atoms with Crippen LogP contribution in [-0.2, 0) is 9.53 Å². The molecular formula is C24H28N4O4. The fourth-order valence-electron chi connectivity index (χ4n) is 3.76. The molecule has 2 amide bonds. The van der Waals surface area contributed by atoms with Gasteiger partial charge in [0.2, 0.25) is 5.91 Å². The number of ether oxygens (including phenoxy) is 1. The monoisotopic (exact) mass is 436 g/mol. The molecular weight excluding hydrogens is 408 g/mol. The molecule has 0 saturated carbocycles. The molecule has 1 aliphatic heterocycles. The minimum Gasteiger partial charge on any atom is -0.462 e. The number of hydrogen-bond donors (Lipinski definition) is 0. The van der Waals surface area contributed by atoms with Gasteiger partial charge in [0.25, 0.3) is 5.91 Å². The summed E-state index contributed by atoms with van der Waals surface area (Å²) < 4.78 is 5.11. The first kappa shape index (κ1) is 23.1. The van der Waals surface area contributed by atoms with Crippen molar-refractivity contribution in [3.63, 3.8) is 0 Å². The third kappa shape index (κ3) is 5.19. The Bertz CT molecular complexity index is 1040. The van der Waals surface area contributed by atoms with Gasteiger partial charge in [0.15, 0.2) is 0 Å². The predicted molar refractivity (Wildman–Crippen MR) is 120 cm³/mol. The topological polar surface area (TPSA) is 92.7 Å². The number of piperazine rings is 1. The predicted octanol–water partition coefficient (Wildman–Crippen LogP) is 2.66. The highest BCUT2D eigenvalue weighted by Crippen LogP contribution is 2.18. The standard InChI is InChI=1S/C24H28N4O4/c1-5-32-24(31)21-17(3)25-18(4)26-22(21)23(30)27-13-14-28(16(2)15-27)20(29)12-11-19-9-7-6-8-10-19/h6-12,16H,5,13-15H2,1-4H3/b12-11+. The fraction of sp³-hybridized carbons (Fsp3) is 0.375. The average Bonchev–Trinajstić information content (AvgIpc) is 2.77. The molecule has 2 aromatic rings. The lowest BCUT2D eigenvalue weighted by molar-refractivity contribution is -0.129. The molecule has 1 unspecified atom stereocenters. The first-order valence-corrected chi connectivity index (χ1v) is 10.7. The molecule has 2 heterocycles. The SMILES string of the molecule is CCOC(=O)c1c(C)nc(C)nc1C(=O)N1CCN(C(=O)/C=C/c2ccccc2)C(C)C1. The van der Waals surface area contributed by atoms with Crippen LogP contribution in [0.3, 0.4) is 0 Å². The molecule has 32 heavy (non-hydrogen) atoms. The average molecular weight is 437 g/mol. The highest BCUT2D eigenvalue weighted by molar-refractivity contribution is 6.04. The van der Waals surface area contributed by atoms with Crippen molar-refractivity contribution in [2.75, 3.05) is 26.2 Å². The Morgan fingerprint density at radius 1 is 1.12 bits per heavy atom. The van der Waals surface area contributed by atoms with Crippen molar-refractivity contribution in [1.29, 1.82) is 0 Å². The van der Waals surface area contributed by atoms with Gasteiger partial charge in [0.1, 0.15) is 17.1 Å². The van der Waals surface area contributed by atoms with Gasteiger partial charge in [-0.15, -0.1) is 0 Å². The summed E-state index contributed by atoms with van der Waals surface area (Å²) >= 11 is 0. The number of carbonyl (C=O) groups is 3. The van der Waals surface area contributed by atoms with Gasteiger partial charge < -0.3 is 14.5 Å². The van der Waals surface area contributed by atoms with Crippen molar-refractivity contribution in [3.05, 3.63) is 64.7 Å². The van der Waals surface area contributed by atoms with Gasteiger partial charge in [-0.1, -0.05) is 30.3 Å². The van der Waals surface area contributed by atoms with Gasteiger partial charge in [-0.25, -0.2) is 14.8 Å². The van der Waals surface area contributed by atoms with Crippen LogP contribution in [-0.4, -0.2) is 69.8 Å². The highest BCUT2D eigenvalue weighted by atomic mass is 16.5. The van der Waals surface area contributed by atoms with Crippen LogP contribution in [0, 0.1) is 13.8 Å². The lowest BCUT2D eigenvalue weighted by atomic mass is 10.1. The maximum atomic E-state index is 13.3. The Balaban J connectivity index is 1.74. The van der Waals surface area contributed by atoms with E-state index < -0.39 is 5.97 Å². The Kier molecular flexibility index (Phi) is 7.35. The van der Waals surface area contributed by atoms with E-state index in [0.717, 1.165) is 5.56 Å². The summed E-state index contributed by atoms with van der Waals surface area (Å²) in [6.45, 7) is 8.21. The van der Waals surface area contributed by atoms with Gasteiger partial charge in [-0.05, 0) is 39.3 Å². The number of aryl methyl sites for hydroxylation is 2. The van der Waals surface area contributed by atoms with E-state index in [1.807, 2.05) is 37.3 Å². The number of esters is 1. The minimum atomic E-state index is -0.610. The van der Waals surface area contributed by atoms with Crippen LogP contribution < -0.4 is 0 Å². The number of rotatable bonds is 5. The molecule has 1 saturated heterocycles. The van der Waals surface area contributed by atoms with Crippen LogP contribution in [0.4, 0.5) is 0 Å². The largest absolute Gasteiger partial charge is 0.462 e. The molecule has 3 rings (SSSR count). The van der Waals surface area contributed by atoms with Crippen molar-refractivity contribution in [3.8, 4) is 0 Å². The quantitative estimate of drug-likeness (QED) is 0.529. The number of hydrogen-bond acceptors (Lipinski definition) is 6. The maximum absolute atomic E-state index is 13.3. The second kappa shape index (κ2) is 10.2. The molecule has 1 fully saturated rings. The zero-order valence-electron chi connectivity index (χ0n) is 18.9. The van der Waals surface area contributed by atoms with Crippen molar-refractivity contribution >= 4 is 23.9 Å². The highest BCUT2D eigenvalue weighted by Gasteiger charge is 2.33. The molecule has 1 aliphatic rings. The lowest BCUT2D eigenvalue weighted by Gasteiger charge is -2.39. The van der Waals surface area contributed by atoms with Crippen LogP contribution in [0.5, 0.6) is 0 Å². The van der Waals surface area contributed by atoms with E-state index in [9.17, 15) is 14.4 Å². The van der Waals surface area contributed by atoms with Crippen LogP contribution in [0.15, 0.2) is 36.4 Å². The molecule has 0 radical (unpaired) electrons. The Labute approximate surface area is 187 Å². The summed E-state index contributed by atoms with van der Waals surface area (Å²) in [4.78, 5) is 50.3. The molecule has 1 atom stereocenters. The van der Waals surface area contributed by atoms with E-state index in [1.165, 1.54) is 0 Å². The van der Waals surface area contributed by atoms with E-state index in [2.05, 4.69) is 9.97 Å². The molecule has 0 spiro atoms. The Hall–Kier alpha value is -3.55. The fourth-order valence-corrected chi connectivity index (χ4v) is 3.76. The molecule has 1 aromatic heterocycles. The van der Waals surface area contributed by atoms with E-state index in [-0.39, 0.29) is 35.7 Å². The van der Waals surface area contributed by atoms with E-state index in [1.54, 1.807) is 42.7 Å². The van der Waals surface area contributed by atoms with E-state index in [4.69, 9.17) is 4.74 Å². The molecule has 0 bridgehead atoms. The summed E-state index contributed by atoms with van der Waals surface area (Å²) in [6, 6.07) is 9.42. The van der Waals surface area contributed by atoms with E-state index >= 15 is 0 Å². The summed E-state index contributed by atoms with van der Waals surface area (Å²) in [7, 11) is 0. The lowest BCUT2D eigenvalue weighted by Crippen LogP contribution is -2.55. The maximum Gasteiger partial charge on any atom is 0.342 e. The van der Waals surface area contributed by atoms with Crippen LogP contribution in [0.1, 0.15) is 51.8 Å². The Morgan fingerprint density at radius 2 is 1.84 bits per heavy atom. The van der Waals surface area contributed by atoms with Crippen molar-refractivity contribution in [2.24, 2.45) is 0 Å². The van der Waals surface area contributed by atoms with Gasteiger partial charge in [-0.2, -0.15) is 0 Å². The normalized spacial score (nSPS) is 16.3. The molecule has 0 aliphatic carbocycles. The zero-order valence-corrected chi connectivity index (χ0v) is 18.9. The number of carbonyl (C=O) groups excluding carboxylic acids is 3. The first-order valence-electron chi connectivity index (χ1n) is 10.7. The van der Waals surface area contributed by atoms with Crippen molar-refractivity contribution in [1.82, 2.24) is 19.8 Å². The van der Waals surface area contributed by atoms with Crippen LogP contribution in [0.25, 0.3) is 6.08 Å². The summed E-state index contributed by atoms with van der Waals surface area (Å²) in [6.07, 6.45) is 3.34. The number of aromatic nitrogens is 2. The zero-order chi connectivity index (χ0) is 23.3. The molecule has 0 N–H and O–H groups in total. The summed E-state index contributed by atoms with van der Waals surface area (Å²) in [5.41, 5.74) is 1.50. The third-order valence-electron chi connectivity index (χ3n) is 5.30. The van der Waals surface area contributed by atoms with Crippen LogP contribution >= 0.6 is 0 Å². The number of amides is 2. The Morgan fingerprint density at radius 3 is 2.50 bits per heavy atom. The molecule has 1 aromatic carbocycles. The number of nitrogens with zero attached hydrogens (tertiary/aromatic N) is 4. The van der Waals surface area contributed by atoms with Crippen molar-refractivity contribution < 1.29 is 19.1 Å². The van der Waals surface area contributed by atoms with Gasteiger partial charge >= 0.3 is 5.97 Å².